The van der Waals surface area contributed by atoms with Gasteiger partial charge in [-0.2, -0.15) is 0 Å². The van der Waals surface area contributed by atoms with E-state index in [4.69, 9.17) is 9.47 Å². The number of alkyl carbamates (subject to hydrolysis) is 1. The maximum absolute atomic E-state index is 11.9. The zero-order valence-corrected chi connectivity index (χ0v) is 13.8. The molecule has 1 heterocycles. The lowest BCUT2D eigenvalue weighted by Crippen LogP contribution is -2.49. The molecular formula is C16H30N2O3. The van der Waals surface area contributed by atoms with Gasteiger partial charge in [0.2, 0.25) is 0 Å². The summed E-state index contributed by atoms with van der Waals surface area (Å²) in [6.45, 7) is 9.43. The van der Waals surface area contributed by atoms with Crippen molar-refractivity contribution in [2.24, 2.45) is 5.92 Å². The molecule has 1 saturated carbocycles. The van der Waals surface area contributed by atoms with Crippen molar-refractivity contribution in [3.8, 4) is 0 Å². The Morgan fingerprint density at radius 3 is 2.62 bits per heavy atom. The summed E-state index contributed by atoms with van der Waals surface area (Å²) in [7, 11) is 0. The van der Waals surface area contributed by atoms with Crippen LogP contribution in [0.4, 0.5) is 4.79 Å². The van der Waals surface area contributed by atoms with Crippen LogP contribution in [0.25, 0.3) is 0 Å². The van der Waals surface area contributed by atoms with Crippen molar-refractivity contribution in [2.45, 2.75) is 77.2 Å². The van der Waals surface area contributed by atoms with E-state index >= 15 is 0 Å². The Balaban J connectivity index is 1.75. The highest BCUT2D eigenvalue weighted by Crippen LogP contribution is 2.32. The number of ether oxygens (including phenoxy) is 2. The number of hydrogen-bond acceptors (Lipinski definition) is 4. The second kappa shape index (κ2) is 6.97. The summed E-state index contributed by atoms with van der Waals surface area (Å²) in [5.74, 6) is 0.599. The highest BCUT2D eigenvalue weighted by molar-refractivity contribution is 5.68. The molecule has 21 heavy (non-hydrogen) atoms. The molecule has 0 aromatic rings. The van der Waals surface area contributed by atoms with Crippen molar-refractivity contribution in [3.63, 3.8) is 0 Å². The third kappa shape index (κ3) is 6.22. The number of carbonyl (C=O) groups excluding carboxylic acids is 1. The van der Waals surface area contributed by atoms with E-state index in [-0.39, 0.29) is 12.1 Å². The fourth-order valence-corrected chi connectivity index (χ4v) is 2.77. The first-order valence-electron chi connectivity index (χ1n) is 8.18. The van der Waals surface area contributed by atoms with Gasteiger partial charge in [-0.15, -0.1) is 0 Å². The van der Waals surface area contributed by atoms with Crippen molar-refractivity contribution in [2.75, 3.05) is 13.2 Å². The first kappa shape index (κ1) is 16.6. The van der Waals surface area contributed by atoms with Crippen LogP contribution in [-0.2, 0) is 9.47 Å². The van der Waals surface area contributed by atoms with Gasteiger partial charge < -0.3 is 20.1 Å². The predicted molar refractivity (Wildman–Crippen MR) is 82.3 cm³/mol. The molecule has 2 aliphatic rings. The molecule has 0 bridgehead atoms. The maximum Gasteiger partial charge on any atom is 0.407 e. The number of carbonyl (C=O) groups is 1. The molecule has 1 amide bonds. The van der Waals surface area contributed by atoms with Gasteiger partial charge in [0.25, 0.3) is 0 Å². The Morgan fingerprint density at radius 2 is 2.05 bits per heavy atom. The van der Waals surface area contributed by atoms with E-state index in [0.717, 1.165) is 26.0 Å². The molecule has 0 aromatic carbocycles. The lowest BCUT2D eigenvalue weighted by molar-refractivity contribution is 0.0125. The van der Waals surface area contributed by atoms with Crippen LogP contribution in [0.1, 0.15) is 53.4 Å². The first-order chi connectivity index (χ1) is 9.83. The van der Waals surface area contributed by atoms with Gasteiger partial charge in [-0.1, -0.05) is 0 Å². The van der Waals surface area contributed by atoms with Crippen LogP contribution in [-0.4, -0.2) is 43.0 Å². The van der Waals surface area contributed by atoms with Gasteiger partial charge in [-0.05, 0) is 59.3 Å². The minimum absolute atomic E-state index is 0.179. The molecule has 3 unspecified atom stereocenters. The van der Waals surface area contributed by atoms with E-state index in [2.05, 4.69) is 17.6 Å². The summed E-state index contributed by atoms with van der Waals surface area (Å²) in [6.07, 6.45) is 4.52. The lowest BCUT2D eigenvalue weighted by atomic mass is 10.0. The SMILES string of the molecule is CC1CC(NCC(NC(=O)OC(C)(C)C)C2CC2)CCO1. The van der Waals surface area contributed by atoms with Crippen molar-refractivity contribution < 1.29 is 14.3 Å². The first-order valence-corrected chi connectivity index (χ1v) is 8.18. The Bertz CT molecular complexity index is 350. The number of rotatable bonds is 5. The normalized spacial score (nSPS) is 28.0. The van der Waals surface area contributed by atoms with Crippen LogP contribution in [0.15, 0.2) is 0 Å². The standard InChI is InChI=1S/C16H30N2O3/c1-11-9-13(7-8-20-11)17-10-14(12-5-6-12)18-15(19)21-16(2,3)4/h11-14,17H,5-10H2,1-4H3,(H,18,19). The number of nitrogens with one attached hydrogen (secondary N) is 2. The summed E-state index contributed by atoms with van der Waals surface area (Å²) >= 11 is 0. The summed E-state index contributed by atoms with van der Waals surface area (Å²) in [4.78, 5) is 11.9. The van der Waals surface area contributed by atoms with Crippen molar-refractivity contribution in [3.05, 3.63) is 0 Å². The predicted octanol–water partition coefficient (Wildman–Crippen LogP) is 2.45. The highest BCUT2D eigenvalue weighted by Gasteiger charge is 2.34. The molecule has 2 rings (SSSR count). The Hall–Kier alpha value is -0.810. The average molecular weight is 298 g/mol. The van der Waals surface area contributed by atoms with E-state index < -0.39 is 5.60 Å². The quantitative estimate of drug-likeness (QED) is 0.818. The number of amides is 1. The van der Waals surface area contributed by atoms with Crippen LogP contribution >= 0.6 is 0 Å². The molecule has 0 radical (unpaired) electrons. The lowest BCUT2D eigenvalue weighted by Gasteiger charge is -2.30. The monoisotopic (exact) mass is 298 g/mol. The largest absolute Gasteiger partial charge is 0.444 e. The molecule has 2 N–H and O–H groups in total. The summed E-state index contributed by atoms with van der Waals surface area (Å²) in [5, 5.41) is 6.62. The van der Waals surface area contributed by atoms with Crippen LogP contribution < -0.4 is 10.6 Å². The molecule has 1 saturated heterocycles. The fraction of sp³-hybridized carbons (Fsp3) is 0.938. The van der Waals surface area contributed by atoms with Gasteiger partial charge in [0.1, 0.15) is 5.60 Å². The third-order valence-corrected chi connectivity index (χ3v) is 4.00. The molecule has 1 aliphatic carbocycles. The third-order valence-electron chi connectivity index (χ3n) is 4.00. The van der Waals surface area contributed by atoms with Crippen molar-refractivity contribution in [1.29, 1.82) is 0 Å². The maximum atomic E-state index is 11.9. The zero-order valence-electron chi connectivity index (χ0n) is 13.8. The van der Waals surface area contributed by atoms with E-state index in [1.54, 1.807) is 0 Å². The Labute approximate surface area is 128 Å². The van der Waals surface area contributed by atoms with Crippen molar-refractivity contribution in [1.82, 2.24) is 10.6 Å². The second-order valence-corrected chi connectivity index (χ2v) is 7.40. The minimum atomic E-state index is -0.443. The van der Waals surface area contributed by atoms with Gasteiger partial charge in [-0.25, -0.2) is 4.79 Å². The van der Waals surface area contributed by atoms with E-state index in [1.165, 1.54) is 12.8 Å². The van der Waals surface area contributed by atoms with E-state index in [1.807, 2.05) is 20.8 Å². The van der Waals surface area contributed by atoms with E-state index in [0.29, 0.717) is 18.1 Å². The smallest absolute Gasteiger partial charge is 0.407 e. The topological polar surface area (TPSA) is 59.6 Å². The summed E-state index contributed by atoms with van der Waals surface area (Å²) in [6, 6.07) is 0.674. The summed E-state index contributed by atoms with van der Waals surface area (Å²) < 4.78 is 10.9. The van der Waals surface area contributed by atoms with Crippen LogP contribution in [0.2, 0.25) is 0 Å². The molecule has 122 valence electrons. The molecule has 3 atom stereocenters. The molecule has 2 fully saturated rings. The molecule has 0 spiro atoms. The van der Waals surface area contributed by atoms with Crippen LogP contribution in [0.5, 0.6) is 0 Å². The second-order valence-electron chi connectivity index (χ2n) is 7.40. The van der Waals surface area contributed by atoms with Crippen molar-refractivity contribution >= 4 is 6.09 Å². The van der Waals surface area contributed by atoms with E-state index in [9.17, 15) is 4.79 Å². The molecule has 0 aromatic heterocycles. The van der Waals surface area contributed by atoms with Gasteiger partial charge in [0.05, 0.1) is 6.10 Å². The zero-order chi connectivity index (χ0) is 15.5. The minimum Gasteiger partial charge on any atom is -0.444 e. The van der Waals surface area contributed by atoms with Gasteiger partial charge >= 0.3 is 6.09 Å². The molecule has 5 nitrogen and oxygen atoms in total. The molecule has 1 aliphatic heterocycles. The van der Waals surface area contributed by atoms with Gasteiger partial charge in [0, 0.05) is 25.2 Å². The Morgan fingerprint density at radius 1 is 1.33 bits per heavy atom. The number of hydrogen-bond donors (Lipinski definition) is 2. The molecule has 5 heteroatoms. The Kier molecular flexibility index (Phi) is 5.49. The van der Waals surface area contributed by atoms with Crippen LogP contribution in [0.3, 0.4) is 0 Å². The molecular weight excluding hydrogens is 268 g/mol. The average Bonchev–Trinajstić information content (AvgIpc) is 3.16. The highest BCUT2D eigenvalue weighted by atomic mass is 16.6. The van der Waals surface area contributed by atoms with Gasteiger partial charge in [0.15, 0.2) is 0 Å². The fourth-order valence-electron chi connectivity index (χ4n) is 2.77. The summed E-state index contributed by atoms with van der Waals surface area (Å²) in [5.41, 5.74) is -0.443. The van der Waals surface area contributed by atoms with Crippen LogP contribution in [0, 0.1) is 5.92 Å². The van der Waals surface area contributed by atoms with Gasteiger partial charge in [-0.3, -0.25) is 0 Å².